The molecule has 5 N–H and O–H groups in total. The second-order valence-electron chi connectivity index (χ2n) is 3.57. The third kappa shape index (κ3) is 1.87. The minimum absolute atomic E-state index is 0.0456. The van der Waals surface area contributed by atoms with Gasteiger partial charge in [-0.2, -0.15) is 0 Å². The van der Waals surface area contributed by atoms with E-state index in [1.807, 2.05) is 24.4 Å². The van der Waals surface area contributed by atoms with E-state index in [0.717, 1.165) is 10.9 Å². The fraction of sp³-hybridized carbons (Fsp3) is 0.273. The predicted molar refractivity (Wildman–Crippen MR) is 58.3 cm³/mol. The number of hydrogen-bond acceptors (Lipinski definition) is 3. The molecule has 2 rings (SSSR count). The van der Waals surface area contributed by atoms with Crippen molar-refractivity contribution in [3.8, 4) is 0 Å². The van der Waals surface area contributed by atoms with E-state index in [1.54, 1.807) is 6.07 Å². The van der Waals surface area contributed by atoms with Crippen LogP contribution < -0.4 is 5.73 Å². The Kier molecular flexibility index (Phi) is 2.73. The Hall–Kier alpha value is -1.36. The molecule has 0 saturated heterocycles. The molecule has 0 saturated carbocycles. The summed E-state index contributed by atoms with van der Waals surface area (Å²) in [6.07, 6.45) is -0.0136. The highest BCUT2D eigenvalue weighted by molar-refractivity contribution is 5.79. The number of H-pyrrole nitrogens is 1. The van der Waals surface area contributed by atoms with Crippen LogP contribution in [0.1, 0.15) is 11.7 Å². The SMILES string of the molecule is NCC(O)C(O)c1ccc2cc[nH]c2c1. The maximum absolute atomic E-state index is 9.74. The van der Waals surface area contributed by atoms with Crippen LogP contribution in [0.2, 0.25) is 0 Å². The molecule has 2 unspecified atom stereocenters. The van der Waals surface area contributed by atoms with Gasteiger partial charge in [0.05, 0.1) is 6.10 Å². The van der Waals surface area contributed by atoms with Crippen LogP contribution in [-0.4, -0.2) is 27.8 Å². The Morgan fingerprint density at radius 3 is 2.80 bits per heavy atom. The fourth-order valence-corrected chi connectivity index (χ4v) is 1.60. The maximum Gasteiger partial charge on any atom is 0.106 e. The first-order chi connectivity index (χ1) is 7.22. The molecule has 0 radical (unpaired) electrons. The Labute approximate surface area is 87.3 Å². The third-order valence-electron chi connectivity index (χ3n) is 2.53. The lowest BCUT2D eigenvalue weighted by atomic mass is 10.0. The van der Waals surface area contributed by atoms with Crippen molar-refractivity contribution in [3.05, 3.63) is 36.0 Å². The van der Waals surface area contributed by atoms with E-state index in [2.05, 4.69) is 4.98 Å². The van der Waals surface area contributed by atoms with Crippen LogP contribution in [0.4, 0.5) is 0 Å². The largest absolute Gasteiger partial charge is 0.389 e. The van der Waals surface area contributed by atoms with Crippen molar-refractivity contribution in [3.63, 3.8) is 0 Å². The molecule has 4 heteroatoms. The number of nitrogens with one attached hydrogen (secondary N) is 1. The second kappa shape index (κ2) is 4.02. The summed E-state index contributed by atoms with van der Waals surface area (Å²) in [5.74, 6) is 0. The lowest BCUT2D eigenvalue weighted by Gasteiger charge is -2.16. The van der Waals surface area contributed by atoms with Crippen molar-refractivity contribution in [1.29, 1.82) is 0 Å². The molecule has 0 fully saturated rings. The highest BCUT2D eigenvalue weighted by Gasteiger charge is 2.16. The van der Waals surface area contributed by atoms with E-state index < -0.39 is 12.2 Å². The monoisotopic (exact) mass is 206 g/mol. The molecule has 0 aliphatic rings. The number of aromatic nitrogens is 1. The first-order valence-electron chi connectivity index (χ1n) is 4.85. The van der Waals surface area contributed by atoms with Gasteiger partial charge in [0.1, 0.15) is 6.10 Å². The van der Waals surface area contributed by atoms with E-state index >= 15 is 0 Å². The lowest BCUT2D eigenvalue weighted by Crippen LogP contribution is -2.27. The molecule has 15 heavy (non-hydrogen) atoms. The van der Waals surface area contributed by atoms with E-state index in [9.17, 15) is 10.2 Å². The second-order valence-corrected chi connectivity index (χ2v) is 3.57. The molecular formula is C11H14N2O2. The molecule has 1 aromatic heterocycles. The van der Waals surface area contributed by atoms with Crippen molar-refractivity contribution >= 4 is 10.9 Å². The van der Waals surface area contributed by atoms with Gasteiger partial charge in [0, 0.05) is 18.3 Å². The third-order valence-corrected chi connectivity index (χ3v) is 2.53. The van der Waals surface area contributed by atoms with Gasteiger partial charge in [0.15, 0.2) is 0 Å². The quantitative estimate of drug-likeness (QED) is 0.591. The van der Waals surface area contributed by atoms with E-state index in [4.69, 9.17) is 5.73 Å². The van der Waals surface area contributed by atoms with Crippen LogP contribution in [-0.2, 0) is 0 Å². The van der Waals surface area contributed by atoms with Crippen molar-refractivity contribution < 1.29 is 10.2 Å². The highest BCUT2D eigenvalue weighted by Crippen LogP contribution is 2.21. The number of benzene rings is 1. The molecule has 80 valence electrons. The lowest BCUT2D eigenvalue weighted by molar-refractivity contribution is 0.0244. The zero-order valence-electron chi connectivity index (χ0n) is 8.22. The fourth-order valence-electron chi connectivity index (χ4n) is 1.60. The minimum Gasteiger partial charge on any atom is -0.389 e. The maximum atomic E-state index is 9.74. The normalized spacial score (nSPS) is 15.4. The first-order valence-corrected chi connectivity index (χ1v) is 4.85. The summed E-state index contributed by atoms with van der Waals surface area (Å²) in [5, 5.41) is 20.2. The van der Waals surface area contributed by atoms with Crippen LogP contribution >= 0.6 is 0 Å². The van der Waals surface area contributed by atoms with E-state index in [0.29, 0.717) is 5.56 Å². The van der Waals surface area contributed by atoms with Crippen molar-refractivity contribution in [1.82, 2.24) is 4.98 Å². The average molecular weight is 206 g/mol. The molecule has 2 aromatic rings. The number of hydrogen-bond donors (Lipinski definition) is 4. The van der Waals surface area contributed by atoms with Crippen molar-refractivity contribution in [2.75, 3.05) is 6.54 Å². The van der Waals surface area contributed by atoms with Gasteiger partial charge in [-0.3, -0.25) is 0 Å². The standard InChI is InChI=1S/C11H14N2O2/c12-6-10(14)11(15)8-2-1-7-3-4-13-9(7)5-8/h1-5,10-11,13-15H,6,12H2. The summed E-state index contributed by atoms with van der Waals surface area (Å²) in [5.41, 5.74) is 6.90. The van der Waals surface area contributed by atoms with E-state index in [1.165, 1.54) is 0 Å². The Bertz CT molecular complexity index is 453. The van der Waals surface area contributed by atoms with Gasteiger partial charge in [-0.1, -0.05) is 12.1 Å². The molecule has 0 aliphatic heterocycles. The van der Waals surface area contributed by atoms with Gasteiger partial charge in [-0.05, 0) is 23.1 Å². The first kappa shape index (κ1) is 10.2. The van der Waals surface area contributed by atoms with Gasteiger partial charge in [0.2, 0.25) is 0 Å². The summed E-state index contributed by atoms with van der Waals surface area (Å²) in [6.45, 7) is 0.0456. The molecule has 0 spiro atoms. The summed E-state index contributed by atoms with van der Waals surface area (Å²) >= 11 is 0. The molecular weight excluding hydrogens is 192 g/mol. The summed E-state index contributed by atoms with van der Waals surface area (Å²) in [7, 11) is 0. The smallest absolute Gasteiger partial charge is 0.106 e. The number of fused-ring (bicyclic) bond motifs is 1. The Morgan fingerprint density at radius 1 is 1.27 bits per heavy atom. The molecule has 1 aromatic carbocycles. The van der Waals surface area contributed by atoms with Crippen LogP contribution in [0.25, 0.3) is 10.9 Å². The summed E-state index contributed by atoms with van der Waals surface area (Å²) < 4.78 is 0. The number of aromatic amines is 1. The number of aliphatic hydroxyl groups is 2. The van der Waals surface area contributed by atoms with Crippen LogP contribution in [0.5, 0.6) is 0 Å². The molecule has 0 aliphatic carbocycles. The molecule has 0 amide bonds. The van der Waals surface area contributed by atoms with Gasteiger partial charge < -0.3 is 20.9 Å². The van der Waals surface area contributed by atoms with Gasteiger partial charge in [-0.25, -0.2) is 0 Å². The average Bonchev–Trinajstić information content (AvgIpc) is 2.73. The van der Waals surface area contributed by atoms with Gasteiger partial charge in [-0.15, -0.1) is 0 Å². The molecule has 2 atom stereocenters. The predicted octanol–water partition coefficient (Wildman–Crippen LogP) is 0.521. The van der Waals surface area contributed by atoms with Crippen LogP contribution in [0, 0.1) is 0 Å². The molecule has 4 nitrogen and oxygen atoms in total. The molecule has 0 bridgehead atoms. The van der Waals surface area contributed by atoms with Crippen molar-refractivity contribution in [2.24, 2.45) is 5.73 Å². The number of rotatable bonds is 3. The molecule has 1 heterocycles. The van der Waals surface area contributed by atoms with E-state index in [-0.39, 0.29) is 6.54 Å². The minimum atomic E-state index is -0.928. The van der Waals surface area contributed by atoms with Crippen LogP contribution in [0.15, 0.2) is 30.5 Å². The number of aliphatic hydroxyl groups excluding tert-OH is 2. The Balaban J connectivity index is 2.35. The number of nitrogens with two attached hydrogens (primary N) is 1. The van der Waals surface area contributed by atoms with Crippen LogP contribution in [0.3, 0.4) is 0 Å². The van der Waals surface area contributed by atoms with Gasteiger partial charge >= 0.3 is 0 Å². The summed E-state index contributed by atoms with van der Waals surface area (Å²) in [4.78, 5) is 3.05. The van der Waals surface area contributed by atoms with Crippen molar-refractivity contribution in [2.45, 2.75) is 12.2 Å². The summed E-state index contributed by atoms with van der Waals surface area (Å²) in [6, 6.07) is 7.46. The highest BCUT2D eigenvalue weighted by atomic mass is 16.3. The zero-order chi connectivity index (χ0) is 10.8. The van der Waals surface area contributed by atoms with Gasteiger partial charge in [0.25, 0.3) is 0 Å². The zero-order valence-corrected chi connectivity index (χ0v) is 8.22. The Morgan fingerprint density at radius 2 is 2.07 bits per heavy atom. The topological polar surface area (TPSA) is 82.3 Å².